The first-order chi connectivity index (χ1) is 11.0. The number of nitrogens with one attached hydrogen (secondary N) is 2. The number of carbonyl (C=O) groups is 2. The number of urea groups is 1. The van der Waals surface area contributed by atoms with E-state index in [1.54, 1.807) is 24.3 Å². The summed E-state index contributed by atoms with van der Waals surface area (Å²) in [7, 11) is 0. The van der Waals surface area contributed by atoms with E-state index >= 15 is 0 Å². The Bertz CT molecular complexity index is 545. The Hall–Kier alpha value is -2.08. The van der Waals surface area contributed by atoms with Crippen LogP contribution in [-0.4, -0.2) is 48.7 Å². The molecule has 2 unspecified atom stereocenters. The van der Waals surface area contributed by atoms with Gasteiger partial charge in [0.15, 0.2) is 0 Å². The van der Waals surface area contributed by atoms with Gasteiger partial charge >= 0.3 is 6.03 Å². The van der Waals surface area contributed by atoms with Crippen LogP contribution in [0, 0.1) is 0 Å². The number of rotatable bonds is 4. The summed E-state index contributed by atoms with van der Waals surface area (Å²) < 4.78 is 5.35. The first-order valence-corrected chi connectivity index (χ1v) is 8.07. The minimum Gasteiger partial charge on any atom is -0.377 e. The number of hydrogen-bond acceptors (Lipinski definition) is 3. The lowest BCUT2D eigenvalue weighted by Crippen LogP contribution is -2.47. The molecular formula is C17H25N3O3. The highest BCUT2D eigenvalue weighted by Crippen LogP contribution is 2.15. The maximum atomic E-state index is 12.5. The molecule has 23 heavy (non-hydrogen) atoms. The Kier molecular flexibility index (Phi) is 5.98. The van der Waals surface area contributed by atoms with Crippen molar-refractivity contribution in [2.24, 2.45) is 0 Å². The summed E-state index contributed by atoms with van der Waals surface area (Å²) in [5.74, 6) is -0.00333. The normalized spacial score (nSPS) is 19.1. The number of hydrogen-bond donors (Lipinski definition) is 2. The van der Waals surface area contributed by atoms with Crippen LogP contribution in [0.2, 0.25) is 0 Å². The van der Waals surface area contributed by atoms with E-state index in [1.165, 1.54) is 0 Å². The SMILES string of the molecule is CCC(C)NC(=O)Nc1ccc(C(=O)N2CCOCC2C)cc1. The van der Waals surface area contributed by atoms with E-state index in [-0.39, 0.29) is 24.0 Å². The molecule has 2 rings (SSSR count). The topological polar surface area (TPSA) is 70.7 Å². The van der Waals surface area contributed by atoms with Gasteiger partial charge in [0.05, 0.1) is 19.3 Å². The Morgan fingerprint density at radius 3 is 2.65 bits per heavy atom. The van der Waals surface area contributed by atoms with Gasteiger partial charge in [-0.05, 0) is 44.5 Å². The number of morpholine rings is 1. The first kappa shape index (κ1) is 17.3. The molecule has 6 heteroatoms. The molecule has 3 amide bonds. The van der Waals surface area contributed by atoms with Crippen molar-refractivity contribution in [2.45, 2.75) is 39.3 Å². The Balaban J connectivity index is 1.96. The van der Waals surface area contributed by atoms with Crippen molar-refractivity contribution < 1.29 is 14.3 Å². The molecule has 0 aliphatic carbocycles. The molecule has 6 nitrogen and oxygen atoms in total. The first-order valence-electron chi connectivity index (χ1n) is 8.07. The number of nitrogens with zero attached hydrogens (tertiary/aromatic N) is 1. The second kappa shape index (κ2) is 7.97. The van der Waals surface area contributed by atoms with E-state index < -0.39 is 0 Å². The van der Waals surface area contributed by atoms with Crippen molar-refractivity contribution in [3.8, 4) is 0 Å². The highest BCUT2D eigenvalue weighted by molar-refractivity contribution is 5.95. The molecule has 2 atom stereocenters. The molecule has 1 aliphatic heterocycles. The molecule has 1 fully saturated rings. The minimum atomic E-state index is -0.236. The second-order valence-corrected chi connectivity index (χ2v) is 5.91. The zero-order valence-corrected chi connectivity index (χ0v) is 14.0. The van der Waals surface area contributed by atoms with Crippen molar-refractivity contribution in [3.05, 3.63) is 29.8 Å². The third-order valence-corrected chi connectivity index (χ3v) is 4.01. The van der Waals surface area contributed by atoms with Gasteiger partial charge < -0.3 is 20.3 Å². The van der Waals surface area contributed by atoms with Gasteiger partial charge in [-0.3, -0.25) is 4.79 Å². The molecule has 1 saturated heterocycles. The molecular weight excluding hydrogens is 294 g/mol. The summed E-state index contributed by atoms with van der Waals surface area (Å²) in [5.41, 5.74) is 1.28. The molecule has 1 aliphatic rings. The molecule has 2 N–H and O–H groups in total. The lowest BCUT2D eigenvalue weighted by atomic mass is 10.1. The van der Waals surface area contributed by atoms with E-state index in [0.29, 0.717) is 31.0 Å². The third-order valence-electron chi connectivity index (χ3n) is 4.01. The lowest BCUT2D eigenvalue weighted by molar-refractivity contribution is 0.00359. The lowest BCUT2D eigenvalue weighted by Gasteiger charge is -2.33. The number of anilines is 1. The molecule has 1 aromatic carbocycles. The molecule has 1 aromatic rings. The van der Waals surface area contributed by atoms with Crippen molar-refractivity contribution in [3.63, 3.8) is 0 Å². The third kappa shape index (κ3) is 4.69. The molecule has 126 valence electrons. The van der Waals surface area contributed by atoms with Crippen molar-refractivity contribution >= 4 is 17.6 Å². The molecule has 0 saturated carbocycles. The highest BCUT2D eigenvalue weighted by atomic mass is 16.5. The predicted octanol–water partition coefficient (Wildman–Crippen LogP) is 2.47. The van der Waals surface area contributed by atoms with E-state index in [4.69, 9.17) is 4.74 Å². The Morgan fingerprint density at radius 2 is 2.04 bits per heavy atom. The van der Waals surface area contributed by atoms with Crippen LogP contribution in [0.1, 0.15) is 37.6 Å². The summed E-state index contributed by atoms with van der Waals surface area (Å²) >= 11 is 0. The van der Waals surface area contributed by atoms with Gasteiger partial charge in [0.1, 0.15) is 0 Å². The van der Waals surface area contributed by atoms with E-state index in [2.05, 4.69) is 10.6 Å². The van der Waals surface area contributed by atoms with E-state index in [1.807, 2.05) is 25.7 Å². The van der Waals surface area contributed by atoms with E-state index in [9.17, 15) is 9.59 Å². The van der Waals surface area contributed by atoms with Gasteiger partial charge in [-0.15, -0.1) is 0 Å². The quantitative estimate of drug-likeness (QED) is 0.895. The zero-order chi connectivity index (χ0) is 16.8. The van der Waals surface area contributed by atoms with Gasteiger partial charge in [-0.1, -0.05) is 6.92 Å². The van der Waals surface area contributed by atoms with Crippen molar-refractivity contribution in [2.75, 3.05) is 25.1 Å². The molecule has 0 bridgehead atoms. The molecule has 1 heterocycles. The average Bonchev–Trinajstić information content (AvgIpc) is 2.55. The van der Waals surface area contributed by atoms with Crippen molar-refractivity contribution in [1.82, 2.24) is 10.2 Å². The molecule has 0 radical (unpaired) electrons. The average molecular weight is 319 g/mol. The van der Waals surface area contributed by atoms with Crippen LogP contribution in [0.25, 0.3) is 0 Å². The van der Waals surface area contributed by atoms with Crippen molar-refractivity contribution in [1.29, 1.82) is 0 Å². The van der Waals surface area contributed by atoms with E-state index in [0.717, 1.165) is 6.42 Å². The fourth-order valence-corrected chi connectivity index (χ4v) is 2.38. The maximum Gasteiger partial charge on any atom is 0.319 e. The largest absolute Gasteiger partial charge is 0.377 e. The van der Waals surface area contributed by atoms with Gasteiger partial charge in [-0.25, -0.2) is 4.79 Å². The number of ether oxygens (including phenoxy) is 1. The minimum absolute atomic E-state index is 0.00333. The summed E-state index contributed by atoms with van der Waals surface area (Å²) in [6.07, 6.45) is 0.874. The smallest absolute Gasteiger partial charge is 0.319 e. The summed E-state index contributed by atoms with van der Waals surface area (Å²) in [4.78, 5) is 26.1. The van der Waals surface area contributed by atoms with Gasteiger partial charge in [-0.2, -0.15) is 0 Å². The van der Waals surface area contributed by atoms with Gasteiger partial charge in [0, 0.05) is 23.8 Å². The molecule has 0 spiro atoms. The standard InChI is InChI=1S/C17H25N3O3/c1-4-12(2)18-17(22)19-15-7-5-14(6-8-15)16(21)20-9-10-23-11-13(20)3/h5-8,12-13H,4,9-11H2,1-3H3,(H2,18,19,22). The Labute approximate surface area is 137 Å². The predicted molar refractivity (Wildman–Crippen MR) is 89.7 cm³/mol. The summed E-state index contributed by atoms with van der Waals surface area (Å²) in [6.45, 7) is 7.69. The van der Waals surface area contributed by atoms with Crippen LogP contribution in [0.15, 0.2) is 24.3 Å². The van der Waals surface area contributed by atoms with Crippen LogP contribution >= 0.6 is 0 Å². The monoisotopic (exact) mass is 319 g/mol. The summed E-state index contributed by atoms with van der Waals surface area (Å²) in [6, 6.07) is 6.93. The fourth-order valence-electron chi connectivity index (χ4n) is 2.38. The second-order valence-electron chi connectivity index (χ2n) is 5.91. The number of benzene rings is 1. The highest BCUT2D eigenvalue weighted by Gasteiger charge is 2.24. The number of carbonyl (C=O) groups excluding carboxylic acids is 2. The number of amides is 3. The fraction of sp³-hybridized carbons (Fsp3) is 0.529. The zero-order valence-electron chi connectivity index (χ0n) is 14.0. The van der Waals surface area contributed by atoms with Crippen LogP contribution in [0.5, 0.6) is 0 Å². The Morgan fingerprint density at radius 1 is 1.35 bits per heavy atom. The van der Waals surface area contributed by atoms with Gasteiger partial charge in [0.25, 0.3) is 5.91 Å². The molecule has 0 aromatic heterocycles. The van der Waals surface area contributed by atoms with Crippen LogP contribution in [0.3, 0.4) is 0 Å². The van der Waals surface area contributed by atoms with Gasteiger partial charge in [0.2, 0.25) is 0 Å². The maximum absolute atomic E-state index is 12.5. The van der Waals surface area contributed by atoms with Crippen LogP contribution in [-0.2, 0) is 4.74 Å². The van der Waals surface area contributed by atoms with Crippen LogP contribution < -0.4 is 10.6 Å². The summed E-state index contributed by atoms with van der Waals surface area (Å²) in [5, 5.41) is 5.60. The van der Waals surface area contributed by atoms with Crippen LogP contribution in [0.4, 0.5) is 10.5 Å².